The Bertz CT molecular complexity index is 1720. The van der Waals surface area contributed by atoms with Gasteiger partial charge in [0.15, 0.2) is 12.2 Å². The minimum Gasteiger partial charge on any atom is -0.464 e. The molecular weight excluding hydrogens is 645 g/mol. The third kappa shape index (κ3) is 7.79. The summed E-state index contributed by atoms with van der Waals surface area (Å²) in [6, 6.07) is 13.8. The number of anilines is 1. The molecule has 3 heterocycles. The molecule has 2 fully saturated rings. The Morgan fingerprint density at radius 1 is 1.12 bits per heavy atom. The van der Waals surface area contributed by atoms with Crippen LogP contribution in [0.15, 0.2) is 54.7 Å². The molecule has 1 aliphatic carbocycles. The van der Waals surface area contributed by atoms with Crippen LogP contribution in [0.25, 0.3) is 5.52 Å². The van der Waals surface area contributed by atoms with Crippen LogP contribution in [-0.4, -0.2) is 64.6 Å². The molecule has 0 amide bonds. The van der Waals surface area contributed by atoms with Crippen molar-refractivity contribution in [2.24, 2.45) is 5.92 Å². The predicted octanol–water partition coefficient (Wildman–Crippen LogP) is 4.03. The van der Waals surface area contributed by atoms with E-state index in [1.165, 1.54) is 29.8 Å². The molecule has 0 radical (unpaired) electrons. The van der Waals surface area contributed by atoms with E-state index in [-0.39, 0.29) is 25.2 Å². The minimum absolute atomic E-state index is 0.0351. The zero-order valence-electron chi connectivity index (χ0n) is 26.8. The van der Waals surface area contributed by atoms with Crippen LogP contribution < -0.4 is 15.3 Å². The molecule has 15 nitrogen and oxygen atoms in total. The molecule has 0 bridgehead atoms. The highest BCUT2D eigenvalue weighted by molar-refractivity contribution is 7.52. The van der Waals surface area contributed by atoms with E-state index >= 15 is 0 Å². The van der Waals surface area contributed by atoms with Gasteiger partial charge in [-0.2, -0.15) is 15.4 Å². The number of fused-ring (bicyclic) bond motifs is 1. The number of nitriles is 1. The maximum atomic E-state index is 14.3. The molecule has 48 heavy (non-hydrogen) atoms. The lowest BCUT2D eigenvalue weighted by atomic mass is 9.95. The maximum absolute atomic E-state index is 14.3. The first kappa shape index (κ1) is 34.8. The lowest BCUT2D eigenvalue weighted by Crippen LogP contribution is -2.49. The van der Waals surface area contributed by atoms with Crippen molar-refractivity contribution in [3.05, 3.63) is 60.4 Å². The first-order valence-corrected chi connectivity index (χ1v) is 17.2. The largest absolute Gasteiger partial charge is 0.464 e. The molecule has 2 aliphatic rings. The molecule has 1 aliphatic heterocycles. The molecule has 2 aromatic heterocycles. The Morgan fingerprint density at radius 2 is 1.83 bits per heavy atom. The lowest BCUT2D eigenvalue weighted by Gasteiger charge is -2.30. The smallest absolute Gasteiger partial charge is 0.459 e. The zero-order valence-corrected chi connectivity index (χ0v) is 27.7. The summed E-state index contributed by atoms with van der Waals surface area (Å²) in [4.78, 5) is 38.2. The molecule has 1 aromatic carbocycles. The highest BCUT2D eigenvalue weighted by Gasteiger charge is 2.62. The van der Waals surface area contributed by atoms with Gasteiger partial charge in [-0.05, 0) is 56.0 Å². The molecule has 256 valence electrons. The number of hydrogen-bond donors (Lipinski definition) is 2. The van der Waals surface area contributed by atoms with Crippen LogP contribution in [0.4, 0.5) is 5.69 Å². The third-order valence-corrected chi connectivity index (χ3v) is 9.50. The summed E-state index contributed by atoms with van der Waals surface area (Å²) in [5, 5.41) is 17.6. The predicted molar refractivity (Wildman–Crippen MR) is 169 cm³/mol. The Hall–Kier alpha value is -4.48. The van der Waals surface area contributed by atoms with Crippen LogP contribution >= 0.6 is 7.75 Å². The quantitative estimate of drug-likeness (QED) is 0.132. The maximum Gasteiger partial charge on any atom is 0.459 e. The summed E-state index contributed by atoms with van der Waals surface area (Å²) >= 11 is 0. The number of nitrogens with one attached hydrogen (secondary N) is 1. The monoisotopic (exact) mass is 683 g/mol. The molecule has 1 saturated heterocycles. The van der Waals surface area contributed by atoms with E-state index in [9.17, 15) is 24.2 Å². The second-order valence-electron chi connectivity index (χ2n) is 11.6. The Balaban J connectivity index is 1.50. The lowest BCUT2D eigenvalue weighted by molar-refractivity contribution is -0.169. The van der Waals surface area contributed by atoms with Gasteiger partial charge in [0.2, 0.25) is 5.60 Å². The number of hydrogen-bond acceptors (Lipinski definition) is 13. The molecule has 5 rings (SSSR count). The van der Waals surface area contributed by atoms with Crippen LogP contribution in [0.3, 0.4) is 0 Å². The van der Waals surface area contributed by atoms with Crippen molar-refractivity contribution in [3.63, 3.8) is 0 Å². The number of rotatable bonds is 15. The Labute approximate surface area is 277 Å². The second-order valence-corrected chi connectivity index (χ2v) is 13.2. The molecule has 0 spiro atoms. The summed E-state index contributed by atoms with van der Waals surface area (Å²) in [5.74, 6) is -1.63. The molecule has 6 atom stereocenters. The summed E-state index contributed by atoms with van der Waals surface area (Å²) in [7, 11) is -4.50. The average Bonchev–Trinajstić information content (AvgIpc) is 3.74. The summed E-state index contributed by atoms with van der Waals surface area (Å²) < 4.78 is 50.6. The van der Waals surface area contributed by atoms with Crippen molar-refractivity contribution in [1.29, 1.82) is 5.26 Å². The van der Waals surface area contributed by atoms with Crippen LogP contribution in [0, 0.1) is 17.2 Å². The fraction of sp³-hybridized carbons (Fsp3) is 0.469. The van der Waals surface area contributed by atoms with Crippen molar-refractivity contribution in [2.45, 2.75) is 76.4 Å². The standard InChI is InChI=1S/C32H38N5O10P/c1-4-26(38)44-29-28(25-14-13-24-23(34)15-16-35-37(24)25)46-32(18-33,30(29)45-27(39)5-2)19-43-48(41,47-22-9-7-6-8-10-22)36-20(3)31(40)42-17-21-11-12-21/h6-10,13-16,20-21,28-30H,4-5,11-12,17,19,34H2,1-3H3,(H,36,41)/t20-,28-,29-,30-,32+,48?/m0/s1. The van der Waals surface area contributed by atoms with Crippen molar-refractivity contribution in [1.82, 2.24) is 14.7 Å². The molecular formula is C32H38N5O10P. The topological polar surface area (TPSA) is 203 Å². The zero-order chi connectivity index (χ0) is 34.5. The van der Waals surface area contributed by atoms with Gasteiger partial charge >= 0.3 is 25.7 Å². The van der Waals surface area contributed by atoms with Gasteiger partial charge in [-0.25, -0.2) is 9.08 Å². The molecule has 1 unspecified atom stereocenters. The number of ether oxygens (including phenoxy) is 4. The van der Waals surface area contributed by atoms with Crippen molar-refractivity contribution in [3.8, 4) is 11.8 Å². The number of para-hydroxylation sites is 1. The average molecular weight is 684 g/mol. The minimum atomic E-state index is -4.50. The van der Waals surface area contributed by atoms with Gasteiger partial charge in [0.25, 0.3) is 0 Å². The van der Waals surface area contributed by atoms with Gasteiger partial charge in [-0.3, -0.25) is 18.9 Å². The van der Waals surface area contributed by atoms with Gasteiger partial charge in [0, 0.05) is 19.0 Å². The highest BCUT2D eigenvalue weighted by Crippen LogP contribution is 2.50. The molecule has 16 heteroatoms. The van der Waals surface area contributed by atoms with Crippen LogP contribution in [0.5, 0.6) is 5.75 Å². The summed E-state index contributed by atoms with van der Waals surface area (Å²) in [6.07, 6.45) is -0.882. The van der Waals surface area contributed by atoms with Gasteiger partial charge in [0.05, 0.1) is 23.5 Å². The number of nitrogens with zero attached hydrogens (tertiary/aromatic N) is 3. The molecule has 1 saturated carbocycles. The Kier molecular flexibility index (Phi) is 10.7. The van der Waals surface area contributed by atoms with E-state index in [4.69, 9.17) is 33.7 Å². The number of carbonyl (C=O) groups is 3. The normalized spacial score (nSPS) is 23.8. The van der Waals surface area contributed by atoms with Crippen LogP contribution in [-0.2, 0) is 42.4 Å². The summed E-state index contributed by atoms with van der Waals surface area (Å²) in [6.45, 7) is 3.98. The van der Waals surface area contributed by atoms with E-state index < -0.39 is 62.2 Å². The number of aromatic nitrogens is 2. The van der Waals surface area contributed by atoms with E-state index in [2.05, 4.69) is 10.2 Å². The highest BCUT2D eigenvalue weighted by atomic mass is 31.2. The van der Waals surface area contributed by atoms with Crippen LogP contribution in [0.1, 0.15) is 58.3 Å². The number of esters is 3. The first-order chi connectivity index (χ1) is 23.0. The number of carbonyl (C=O) groups excluding carboxylic acids is 3. The molecule has 3 aromatic rings. The summed E-state index contributed by atoms with van der Waals surface area (Å²) in [5.41, 5.74) is 5.17. The number of nitrogens with two attached hydrogens (primary N) is 1. The van der Waals surface area contributed by atoms with E-state index in [0.29, 0.717) is 22.8 Å². The van der Waals surface area contributed by atoms with Crippen molar-refractivity contribution < 1.29 is 46.9 Å². The third-order valence-electron chi connectivity index (χ3n) is 7.88. The van der Waals surface area contributed by atoms with Crippen molar-refractivity contribution in [2.75, 3.05) is 18.9 Å². The second kappa shape index (κ2) is 14.7. The van der Waals surface area contributed by atoms with E-state index in [1.54, 1.807) is 50.2 Å². The van der Waals surface area contributed by atoms with E-state index in [0.717, 1.165) is 12.8 Å². The van der Waals surface area contributed by atoms with E-state index in [1.807, 2.05) is 6.07 Å². The van der Waals surface area contributed by atoms with Gasteiger partial charge in [0.1, 0.15) is 30.6 Å². The molecule has 3 N–H and O–H groups in total. The van der Waals surface area contributed by atoms with Gasteiger partial charge in [-0.15, -0.1) is 0 Å². The van der Waals surface area contributed by atoms with Gasteiger partial charge in [-0.1, -0.05) is 32.0 Å². The fourth-order valence-corrected chi connectivity index (χ4v) is 6.58. The van der Waals surface area contributed by atoms with Crippen molar-refractivity contribution >= 4 is 36.9 Å². The fourth-order valence-electron chi connectivity index (χ4n) is 5.06. The number of nitrogen functional groups attached to an aromatic ring is 1. The van der Waals surface area contributed by atoms with Gasteiger partial charge < -0.3 is 29.2 Å². The number of benzene rings is 1. The SMILES string of the molecule is CCC(=O)O[C@H]1[C@H](c2ccc3c(N)ccnn23)O[C@](C#N)(COP(=O)(N[C@@H](C)C(=O)OCC2CC2)Oc2ccccc2)[C@H]1OC(=O)CC. The van der Waals surface area contributed by atoms with Crippen LogP contribution in [0.2, 0.25) is 0 Å². The Morgan fingerprint density at radius 3 is 2.50 bits per heavy atom. The first-order valence-electron chi connectivity index (χ1n) is 15.6.